The van der Waals surface area contributed by atoms with E-state index in [0.29, 0.717) is 25.6 Å². The molecule has 2 aromatic rings. The van der Waals surface area contributed by atoms with Gasteiger partial charge in [0.25, 0.3) is 0 Å². The summed E-state index contributed by atoms with van der Waals surface area (Å²) in [5.74, 6) is -0.0772. The van der Waals surface area contributed by atoms with E-state index in [0.717, 1.165) is 24.9 Å². The van der Waals surface area contributed by atoms with Crippen molar-refractivity contribution in [3.05, 3.63) is 53.9 Å². The quantitative estimate of drug-likeness (QED) is 0.853. The molecule has 2 fully saturated rings. The van der Waals surface area contributed by atoms with E-state index in [-0.39, 0.29) is 17.7 Å². The highest BCUT2D eigenvalue weighted by molar-refractivity contribution is 5.89. The van der Waals surface area contributed by atoms with Crippen molar-refractivity contribution < 1.29 is 9.59 Å². The molecule has 27 heavy (non-hydrogen) atoms. The van der Waals surface area contributed by atoms with Crippen LogP contribution >= 0.6 is 0 Å². The molecular formula is C21H26N4O2. The van der Waals surface area contributed by atoms with Crippen molar-refractivity contribution in [2.45, 2.75) is 51.2 Å². The SMILES string of the molecule is O=C(NCc1ccc(Cn2cccn2)cc1)C1CC(=O)N(C2CCCC2)C1. The Hall–Kier alpha value is -2.63. The number of nitrogens with one attached hydrogen (secondary N) is 1. The lowest BCUT2D eigenvalue weighted by Crippen LogP contribution is -2.36. The first-order valence-corrected chi connectivity index (χ1v) is 9.81. The fourth-order valence-electron chi connectivity index (χ4n) is 4.15. The van der Waals surface area contributed by atoms with Crippen LogP contribution in [0.25, 0.3) is 0 Å². The third-order valence-electron chi connectivity index (χ3n) is 5.69. The van der Waals surface area contributed by atoms with Crippen LogP contribution in [0.5, 0.6) is 0 Å². The average Bonchev–Trinajstić information content (AvgIpc) is 3.42. The van der Waals surface area contributed by atoms with E-state index in [1.807, 2.05) is 34.0 Å². The van der Waals surface area contributed by atoms with Gasteiger partial charge in [0.2, 0.25) is 11.8 Å². The van der Waals surface area contributed by atoms with Crippen molar-refractivity contribution in [3.8, 4) is 0 Å². The maximum Gasteiger partial charge on any atom is 0.225 e. The molecule has 0 spiro atoms. The predicted molar refractivity (Wildman–Crippen MR) is 102 cm³/mol. The molecule has 6 heteroatoms. The first-order chi connectivity index (χ1) is 13.2. The lowest BCUT2D eigenvalue weighted by Gasteiger charge is -2.23. The summed E-state index contributed by atoms with van der Waals surface area (Å²) < 4.78 is 1.88. The van der Waals surface area contributed by atoms with Crippen LogP contribution < -0.4 is 5.32 Å². The van der Waals surface area contributed by atoms with Gasteiger partial charge in [0, 0.05) is 37.9 Å². The Morgan fingerprint density at radius 3 is 2.59 bits per heavy atom. The molecule has 1 aromatic heterocycles. The second-order valence-electron chi connectivity index (χ2n) is 7.62. The van der Waals surface area contributed by atoms with Gasteiger partial charge in [-0.3, -0.25) is 14.3 Å². The summed E-state index contributed by atoms with van der Waals surface area (Å²) in [4.78, 5) is 26.7. The summed E-state index contributed by atoms with van der Waals surface area (Å²) >= 11 is 0. The van der Waals surface area contributed by atoms with Crippen LogP contribution in [0.1, 0.15) is 43.2 Å². The number of carbonyl (C=O) groups is 2. The van der Waals surface area contributed by atoms with E-state index in [9.17, 15) is 9.59 Å². The molecule has 142 valence electrons. The highest BCUT2D eigenvalue weighted by Crippen LogP contribution is 2.29. The Labute approximate surface area is 159 Å². The summed E-state index contributed by atoms with van der Waals surface area (Å²) in [6.07, 6.45) is 8.63. The highest BCUT2D eigenvalue weighted by atomic mass is 16.2. The van der Waals surface area contributed by atoms with Gasteiger partial charge in [0.05, 0.1) is 12.5 Å². The van der Waals surface area contributed by atoms with Gasteiger partial charge < -0.3 is 10.2 Å². The van der Waals surface area contributed by atoms with Crippen LogP contribution in [0, 0.1) is 5.92 Å². The number of likely N-dealkylation sites (tertiary alicyclic amines) is 1. The van der Waals surface area contributed by atoms with Crippen molar-refractivity contribution in [2.75, 3.05) is 6.54 Å². The number of carbonyl (C=O) groups excluding carboxylic acids is 2. The maximum atomic E-state index is 12.5. The van der Waals surface area contributed by atoms with Gasteiger partial charge in [-0.05, 0) is 30.0 Å². The van der Waals surface area contributed by atoms with Gasteiger partial charge in [-0.25, -0.2) is 0 Å². The monoisotopic (exact) mass is 366 g/mol. The van der Waals surface area contributed by atoms with Crippen LogP contribution in [0.4, 0.5) is 0 Å². The summed E-state index contributed by atoms with van der Waals surface area (Å²) in [6, 6.07) is 10.4. The van der Waals surface area contributed by atoms with Gasteiger partial charge in [0.15, 0.2) is 0 Å². The van der Waals surface area contributed by atoms with Crippen LogP contribution in [0.3, 0.4) is 0 Å². The van der Waals surface area contributed by atoms with E-state index >= 15 is 0 Å². The number of hydrogen-bond acceptors (Lipinski definition) is 3. The maximum absolute atomic E-state index is 12.5. The second kappa shape index (κ2) is 7.94. The second-order valence-corrected chi connectivity index (χ2v) is 7.62. The summed E-state index contributed by atoms with van der Waals surface area (Å²) in [6.45, 7) is 1.81. The van der Waals surface area contributed by atoms with E-state index in [4.69, 9.17) is 0 Å². The largest absolute Gasteiger partial charge is 0.352 e. The number of benzene rings is 1. The molecule has 1 aromatic carbocycles. The first kappa shape index (κ1) is 17.8. The van der Waals surface area contributed by atoms with Crippen molar-refractivity contribution >= 4 is 11.8 Å². The number of nitrogens with zero attached hydrogens (tertiary/aromatic N) is 3. The molecule has 2 aliphatic rings. The molecule has 2 heterocycles. The Bertz CT molecular complexity index is 779. The summed E-state index contributed by atoms with van der Waals surface area (Å²) in [7, 11) is 0. The third kappa shape index (κ3) is 4.21. The minimum absolute atomic E-state index is 0.00976. The van der Waals surface area contributed by atoms with Crippen molar-refractivity contribution in [2.24, 2.45) is 5.92 Å². The molecule has 0 radical (unpaired) electrons. The molecule has 1 aliphatic heterocycles. The van der Waals surface area contributed by atoms with Crippen molar-refractivity contribution in [1.29, 1.82) is 0 Å². The molecule has 1 N–H and O–H groups in total. The summed E-state index contributed by atoms with van der Waals surface area (Å²) in [5.41, 5.74) is 2.23. The number of amides is 2. The number of hydrogen-bond donors (Lipinski definition) is 1. The third-order valence-corrected chi connectivity index (χ3v) is 5.69. The van der Waals surface area contributed by atoms with Gasteiger partial charge in [-0.1, -0.05) is 37.1 Å². The smallest absolute Gasteiger partial charge is 0.225 e. The molecule has 4 rings (SSSR count). The highest BCUT2D eigenvalue weighted by Gasteiger charge is 2.38. The van der Waals surface area contributed by atoms with Gasteiger partial charge in [-0.15, -0.1) is 0 Å². The van der Waals surface area contributed by atoms with Crippen LogP contribution in [-0.4, -0.2) is 39.1 Å². The van der Waals surface area contributed by atoms with Gasteiger partial charge in [0.1, 0.15) is 0 Å². The normalized spacial score (nSPS) is 20.4. The first-order valence-electron chi connectivity index (χ1n) is 9.81. The van der Waals surface area contributed by atoms with E-state index in [1.165, 1.54) is 18.4 Å². The molecule has 1 unspecified atom stereocenters. The fourth-order valence-corrected chi connectivity index (χ4v) is 4.15. The van der Waals surface area contributed by atoms with Crippen molar-refractivity contribution in [1.82, 2.24) is 20.0 Å². The lowest BCUT2D eigenvalue weighted by molar-refractivity contribution is -0.130. The molecule has 1 atom stereocenters. The van der Waals surface area contributed by atoms with Crippen LogP contribution in [0.2, 0.25) is 0 Å². The zero-order valence-electron chi connectivity index (χ0n) is 15.5. The minimum Gasteiger partial charge on any atom is -0.352 e. The number of aromatic nitrogens is 2. The molecule has 1 saturated carbocycles. The van der Waals surface area contributed by atoms with E-state index in [1.54, 1.807) is 6.20 Å². The number of rotatable bonds is 6. The Balaban J connectivity index is 1.27. The molecule has 0 bridgehead atoms. The molecular weight excluding hydrogens is 340 g/mol. The Kier molecular flexibility index (Phi) is 5.23. The summed E-state index contributed by atoms with van der Waals surface area (Å²) in [5, 5.41) is 7.21. The zero-order valence-corrected chi connectivity index (χ0v) is 15.5. The zero-order chi connectivity index (χ0) is 18.6. The van der Waals surface area contributed by atoms with Gasteiger partial charge >= 0.3 is 0 Å². The topological polar surface area (TPSA) is 67.2 Å². The van der Waals surface area contributed by atoms with Gasteiger partial charge in [-0.2, -0.15) is 5.10 Å². The predicted octanol–water partition coefficient (Wildman–Crippen LogP) is 2.34. The van der Waals surface area contributed by atoms with E-state index < -0.39 is 0 Å². The van der Waals surface area contributed by atoms with E-state index in [2.05, 4.69) is 22.5 Å². The van der Waals surface area contributed by atoms with Crippen LogP contribution in [0.15, 0.2) is 42.7 Å². The Morgan fingerprint density at radius 2 is 1.89 bits per heavy atom. The average molecular weight is 366 g/mol. The standard InChI is InChI=1S/C21H26N4O2/c26-20-12-18(15-25(20)19-4-1-2-5-19)21(27)22-13-16-6-8-17(9-7-16)14-24-11-3-10-23-24/h3,6-11,18-19H,1-2,4-5,12-15H2,(H,22,27). The van der Waals surface area contributed by atoms with Crippen molar-refractivity contribution in [3.63, 3.8) is 0 Å². The molecule has 2 amide bonds. The molecule has 6 nitrogen and oxygen atoms in total. The van der Waals surface area contributed by atoms with Crippen LogP contribution in [-0.2, 0) is 22.7 Å². The molecule has 1 aliphatic carbocycles. The molecule has 1 saturated heterocycles. The fraction of sp³-hybridized carbons (Fsp3) is 0.476. The minimum atomic E-state index is -0.211. The Morgan fingerprint density at radius 1 is 1.15 bits per heavy atom. The lowest BCUT2D eigenvalue weighted by atomic mass is 10.1.